The molecule has 0 saturated heterocycles. The lowest BCUT2D eigenvalue weighted by Crippen LogP contribution is -2.29. The molecule has 3 nitrogen and oxygen atoms in total. The molecule has 1 aromatic carbocycles. The van der Waals surface area contributed by atoms with Crippen LogP contribution >= 0.6 is 11.6 Å². The molecule has 0 heterocycles. The summed E-state index contributed by atoms with van der Waals surface area (Å²) >= 11 is 5.77. The number of benzene rings is 1. The number of carboxylic acid groups (broad SMARTS) is 1. The molecule has 1 N–H and O–H groups in total. The largest absolute Gasteiger partial charge is 0.480 e. The molecule has 0 spiro atoms. The van der Waals surface area contributed by atoms with Gasteiger partial charge >= 0.3 is 5.97 Å². The molecule has 0 amide bonds. The number of hydrogen-bond donors (Lipinski definition) is 1. The maximum absolute atomic E-state index is 13.2. The van der Waals surface area contributed by atoms with Crippen molar-refractivity contribution in [2.75, 3.05) is 13.1 Å². The molecule has 0 aliphatic rings. The summed E-state index contributed by atoms with van der Waals surface area (Å²) in [5.41, 5.74) is 0.517. The first-order chi connectivity index (χ1) is 8.04. The van der Waals surface area contributed by atoms with Gasteiger partial charge in [0, 0.05) is 6.54 Å². The number of nitrogens with zero attached hydrogens (tertiary/aromatic N) is 1. The first-order valence-corrected chi connectivity index (χ1v) is 5.23. The maximum Gasteiger partial charge on any atom is 0.317 e. The van der Waals surface area contributed by atoms with Crippen LogP contribution in [0.1, 0.15) is 5.56 Å². The average molecular weight is 256 g/mol. The molecule has 0 bridgehead atoms. The second-order valence-electron chi connectivity index (χ2n) is 3.46. The van der Waals surface area contributed by atoms with Gasteiger partial charge in [-0.25, -0.2) is 4.39 Å². The Bertz CT molecular complexity index is 456. The molecule has 90 valence electrons. The van der Waals surface area contributed by atoms with Crippen LogP contribution in [0, 0.1) is 18.2 Å². The van der Waals surface area contributed by atoms with Crippen LogP contribution in [0.4, 0.5) is 4.39 Å². The highest BCUT2D eigenvalue weighted by Crippen LogP contribution is 2.20. The minimum Gasteiger partial charge on any atom is -0.480 e. The number of rotatable bonds is 5. The number of hydrogen-bond acceptors (Lipinski definition) is 2. The molecule has 0 aliphatic carbocycles. The van der Waals surface area contributed by atoms with Crippen molar-refractivity contribution in [1.29, 1.82) is 0 Å². The summed E-state index contributed by atoms with van der Waals surface area (Å²) in [6.45, 7) is 0.156. The molecule has 1 aromatic rings. The van der Waals surface area contributed by atoms with Gasteiger partial charge in [-0.1, -0.05) is 29.7 Å². The van der Waals surface area contributed by atoms with Crippen molar-refractivity contribution in [2.24, 2.45) is 0 Å². The van der Waals surface area contributed by atoms with Crippen LogP contribution in [0.5, 0.6) is 0 Å². The van der Waals surface area contributed by atoms with Gasteiger partial charge in [0.05, 0.1) is 18.1 Å². The number of halogens is 2. The standard InChI is InChI=1S/C12H11ClFNO2/c1-2-6-15(8-11(16)17)7-9-4-3-5-10(14)12(9)13/h1,3-5H,6-8H2,(H,16,17). The van der Waals surface area contributed by atoms with Crippen LogP contribution in [-0.2, 0) is 11.3 Å². The topological polar surface area (TPSA) is 40.5 Å². The van der Waals surface area contributed by atoms with Gasteiger partial charge in [0.2, 0.25) is 0 Å². The Hall–Kier alpha value is -1.57. The predicted molar refractivity (Wildman–Crippen MR) is 63.2 cm³/mol. The van der Waals surface area contributed by atoms with E-state index in [0.717, 1.165) is 0 Å². The molecule has 0 aromatic heterocycles. The third-order valence-electron chi connectivity index (χ3n) is 2.10. The van der Waals surface area contributed by atoms with Crippen LogP contribution in [0.3, 0.4) is 0 Å². The fraction of sp³-hybridized carbons (Fsp3) is 0.250. The Morgan fingerprint density at radius 3 is 2.88 bits per heavy atom. The summed E-state index contributed by atoms with van der Waals surface area (Å²) in [6.07, 6.45) is 5.14. The number of carbonyl (C=O) groups is 1. The average Bonchev–Trinajstić information content (AvgIpc) is 2.24. The van der Waals surface area contributed by atoms with E-state index in [-0.39, 0.29) is 24.7 Å². The molecule has 0 unspecified atom stereocenters. The molecular weight excluding hydrogens is 245 g/mol. The zero-order chi connectivity index (χ0) is 12.8. The van der Waals surface area contributed by atoms with E-state index in [4.69, 9.17) is 23.1 Å². The fourth-order valence-corrected chi connectivity index (χ4v) is 1.59. The van der Waals surface area contributed by atoms with E-state index >= 15 is 0 Å². The minimum absolute atomic E-state index is 0.0000831. The Balaban J connectivity index is 2.82. The Morgan fingerprint density at radius 1 is 1.59 bits per heavy atom. The monoisotopic (exact) mass is 255 g/mol. The molecule has 17 heavy (non-hydrogen) atoms. The van der Waals surface area contributed by atoms with Crippen molar-refractivity contribution >= 4 is 17.6 Å². The van der Waals surface area contributed by atoms with Crippen molar-refractivity contribution in [1.82, 2.24) is 4.90 Å². The zero-order valence-electron chi connectivity index (χ0n) is 8.99. The van der Waals surface area contributed by atoms with Crippen molar-refractivity contribution < 1.29 is 14.3 Å². The van der Waals surface area contributed by atoms with E-state index in [1.807, 2.05) is 0 Å². The van der Waals surface area contributed by atoms with E-state index in [1.165, 1.54) is 17.0 Å². The number of carboxylic acids is 1. The smallest absolute Gasteiger partial charge is 0.317 e. The number of aliphatic carboxylic acids is 1. The quantitative estimate of drug-likeness (QED) is 0.818. The maximum atomic E-state index is 13.2. The van der Waals surface area contributed by atoms with Gasteiger partial charge in [-0.3, -0.25) is 9.69 Å². The summed E-state index contributed by atoms with van der Waals surface area (Å²) in [6, 6.07) is 4.40. The van der Waals surface area contributed by atoms with Crippen molar-refractivity contribution in [3.63, 3.8) is 0 Å². The Labute approximate surface area is 104 Å². The Kier molecular flexibility index (Phi) is 4.95. The first-order valence-electron chi connectivity index (χ1n) is 4.85. The van der Waals surface area contributed by atoms with Crippen LogP contribution < -0.4 is 0 Å². The summed E-state index contributed by atoms with van der Waals surface area (Å²) in [4.78, 5) is 12.1. The van der Waals surface area contributed by atoms with Crippen molar-refractivity contribution in [3.8, 4) is 12.3 Å². The molecule has 0 fully saturated rings. The molecule has 0 saturated carbocycles. The van der Waals surface area contributed by atoms with Crippen molar-refractivity contribution in [2.45, 2.75) is 6.54 Å². The Morgan fingerprint density at radius 2 is 2.29 bits per heavy atom. The zero-order valence-corrected chi connectivity index (χ0v) is 9.75. The second kappa shape index (κ2) is 6.24. The van der Waals surface area contributed by atoms with Crippen LogP contribution in [-0.4, -0.2) is 29.1 Å². The summed E-state index contributed by atoms with van der Waals surface area (Å²) in [5, 5.41) is 8.70. The van der Waals surface area contributed by atoms with Crippen LogP contribution in [0.2, 0.25) is 5.02 Å². The van der Waals surface area contributed by atoms with Gasteiger partial charge in [0.25, 0.3) is 0 Å². The first kappa shape index (κ1) is 13.5. The van der Waals surface area contributed by atoms with Crippen LogP contribution in [0.15, 0.2) is 18.2 Å². The van der Waals surface area contributed by atoms with Crippen molar-refractivity contribution in [3.05, 3.63) is 34.6 Å². The van der Waals surface area contributed by atoms with Gasteiger partial charge < -0.3 is 5.11 Å². The van der Waals surface area contributed by atoms with Gasteiger partial charge in [0.15, 0.2) is 0 Å². The normalized spacial score (nSPS) is 10.2. The van der Waals surface area contributed by atoms with E-state index in [0.29, 0.717) is 5.56 Å². The SMILES string of the molecule is C#CCN(CC(=O)O)Cc1cccc(F)c1Cl. The van der Waals surface area contributed by atoms with Gasteiger partial charge in [-0.2, -0.15) is 0 Å². The molecular formula is C12H11ClFNO2. The van der Waals surface area contributed by atoms with Crippen LogP contribution in [0.25, 0.3) is 0 Å². The minimum atomic E-state index is -0.993. The highest BCUT2D eigenvalue weighted by Gasteiger charge is 2.12. The lowest BCUT2D eigenvalue weighted by molar-refractivity contribution is -0.138. The molecule has 5 heteroatoms. The molecule has 1 rings (SSSR count). The van der Waals surface area contributed by atoms with E-state index in [9.17, 15) is 9.18 Å². The lowest BCUT2D eigenvalue weighted by Gasteiger charge is -2.18. The van der Waals surface area contributed by atoms with E-state index in [2.05, 4.69) is 5.92 Å². The van der Waals surface area contributed by atoms with Gasteiger partial charge in [-0.05, 0) is 11.6 Å². The second-order valence-corrected chi connectivity index (χ2v) is 3.83. The van der Waals surface area contributed by atoms with E-state index in [1.54, 1.807) is 6.07 Å². The fourth-order valence-electron chi connectivity index (χ4n) is 1.40. The molecule has 0 atom stereocenters. The third kappa shape index (κ3) is 4.06. The summed E-state index contributed by atoms with van der Waals surface area (Å²) in [7, 11) is 0. The van der Waals surface area contributed by atoms with E-state index < -0.39 is 11.8 Å². The number of terminal acetylenes is 1. The van der Waals surface area contributed by atoms with Gasteiger partial charge in [-0.15, -0.1) is 6.42 Å². The third-order valence-corrected chi connectivity index (χ3v) is 2.52. The molecule has 0 aliphatic heterocycles. The predicted octanol–water partition coefficient (Wildman–Crippen LogP) is 2.00. The van der Waals surface area contributed by atoms with Gasteiger partial charge in [0.1, 0.15) is 5.82 Å². The molecule has 0 radical (unpaired) electrons. The summed E-state index contributed by atoms with van der Waals surface area (Å²) < 4.78 is 13.2. The highest BCUT2D eigenvalue weighted by atomic mass is 35.5. The summed E-state index contributed by atoms with van der Waals surface area (Å²) in [5.74, 6) is 0.833. The lowest BCUT2D eigenvalue weighted by atomic mass is 10.2. The highest BCUT2D eigenvalue weighted by molar-refractivity contribution is 6.31.